The predicted octanol–water partition coefficient (Wildman–Crippen LogP) is 4.50. The van der Waals surface area contributed by atoms with Gasteiger partial charge in [-0.1, -0.05) is 42.6 Å². The first-order chi connectivity index (χ1) is 14.7. The first-order valence-corrected chi connectivity index (χ1v) is 11.1. The molecule has 0 atom stereocenters. The normalized spacial score (nSPS) is 18.8. The monoisotopic (exact) mass is 428 g/mol. The van der Waals surface area contributed by atoms with Gasteiger partial charge in [-0.05, 0) is 48.7 Å². The number of amides is 1. The molecule has 30 heavy (non-hydrogen) atoms. The number of morpholine rings is 1. The zero-order valence-electron chi connectivity index (χ0n) is 17.2. The first-order valence-electron chi connectivity index (χ1n) is 10.8. The average Bonchev–Trinajstić information content (AvgIpc) is 3.27. The summed E-state index contributed by atoms with van der Waals surface area (Å²) in [5.74, 6) is 0.831. The van der Waals surface area contributed by atoms with E-state index >= 15 is 0 Å². The van der Waals surface area contributed by atoms with E-state index in [-0.39, 0.29) is 5.91 Å². The van der Waals surface area contributed by atoms with E-state index in [0.717, 1.165) is 75.5 Å². The van der Waals surface area contributed by atoms with E-state index in [1.54, 1.807) is 0 Å². The van der Waals surface area contributed by atoms with Crippen LogP contribution >= 0.6 is 11.6 Å². The van der Waals surface area contributed by atoms with Gasteiger partial charge in [-0.25, -0.2) is 0 Å². The number of hydrogen-bond donors (Lipinski definition) is 1. The third-order valence-electron chi connectivity index (χ3n) is 6.17. The molecule has 5 nitrogen and oxygen atoms in total. The molecule has 2 fully saturated rings. The highest BCUT2D eigenvalue weighted by atomic mass is 35.5. The van der Waals surface area contributed by atoms with Gasteiger partial charge in [0.25, 0.3) is 0 Å². The van der Waals surface area contributed by atoms with Crippen molar-refractivity contribution in [2.45, 2.75) is 31.1 Å². The van der Waals surface area contributed by atoms with Crippen LogP contribution in [0.5, 0.6) is 5.75 Å². The molecule has 1 N–H and O–H groups in total. The highest BCUT2D eigenvalue weighted by molar-refractivity contribution is 6.31. The number of hydrogen-bond acceptors (Lipinski definition) is 4. The van der Waals surface area contributed by atoms with Crippen LogP contribution < -0.4 is 10.1 Å². The summed E-state index contributed by atoms with van der Waals surface area (Å²) in [5.41, 5.74) is 1.16. The summed E-state index contributed by atoms with van der Waals surface area (Å²) in [6.07, 6.45) is 3.72. The number of benzene rings is 2. The lowest BCUT2D eigenvalue weighted by atomic mass is 9.78. The van der Waals surface area contributed by atoms with E-state index < -0.39 is 5.41 Å². The molecule has 1 aliphatic carbocycles. The SMILES string of the molecule is O=C(Nc1ccc(OCCN2CCOCC2)cc1)C1(c2ccccc2Cl)CCCC1. The zero-order chi connectivity index (χ0) is 20.8. The highest BCUT2D eigenvalue weighted by Crippen LogP contribution is 2.44. The minimum Gasteiger partial charge on any atom is -0.492 e. The minimum atomic E-state index is -0.550. The lowest BCUT2D eigenvalue weighted by Gasteiger charge is -2.29. The smallest absolute Gasteiger partial charge is 0.235 e. The molecule has 1 saturated heterocycles. The van der Waals surface area contributed by atoms with Gasteiger partial charge in [0.15, 0.2) is 0 Å². The Bertz CT molecular complexity index is 844. The van der Waals surface area contributed by atoms with E-state index in [1.807, 2.05) is 48.5 Å². The second-order valence-electron chi connectivity index (χ2n) is 8.05. The number of anilines is 1. The predicted molar refractivity (Wildman–Crippen MR) is 119 cm³/mol. The molecule has 4 rings (SSSR count). The van der Waals surface area contributed by atoms with Crippen LogP contribution in [0, 0.1) is 0 Å². The molecular weight excluding hydrogens is 400 g/mol. The van der Waals surface area contributed by atoms with Crippen molar-refractivity contribution in [1.29, 1.82) is 0 Å². The Kier molecular flexibility index (Phi) is 6.93. The molecule has 2 aliphatic rings. The van der Waals surface area contributed by atoms with Gasteiger partial charge >= 0.3 is 0 Å². The van der Waals surface area contributed by atoms with Crippen molar-refractivity contribution in [2.75, 3.05) is 44.8 Å². The Labute approximate surface area is 183 Å². The van der Waals surface area contributed by atoms with Crippen LogP contribution in [0.1, 0.15) is 31.2 Å². The number of nitrogens with one attached hydrogen (secondary N) is 1. The lowest BCUT2D eigenvalue weighted by Crippen LogP contribution is -2.38. The summed E-state index contributed by atoms with van der Waals surface area (Å²) in [6.45, 7) is 5.04. The number of ether oxygens (including phenoxy) is 2. The summed E-state index contributed by atoms with van der Waals surface area (Å²) in [7, 11) is 0. The van der Waals surface area contributed by atoms with Crippen molar-refractivity contribution in [3.05, 3.63) is 59.1 Å². The molecule has 6 heteroatoms. The maximum Gasteiger partial charge on any atom is 0.235 e. The second-order valence-corrected chi connectivity index (χ2v) is 8.46. The Hall–Kier alpha value is -2.08. The van der Waals surface area contributed by atoms with Crippen LogP contribution in [0.2, 0.25) is 5.02 Å². The fourth-order valence-corrected chi connectivity index (χ4v) is 4.77. The average molecular weight is 429 g/mol. The molecule has 2 aromatic rings. The van der Waals surface area contributed by atoms with Crippen LogP contribution in [0.4, 0.5) is 5.69 Å². The van der Waals surface area contributed by atoms with Crippen molar-refractivity contribution in [3.63, 3.8) is 0 Å². The van der Waals surface area contributed by atoms with E-state index in [1.165, 1.54) is 0 Å². The van der Waals surface area contributed by atoms with Gasteiger partial charge < -0.3 is 14.8 Å². The molecule has 1 amide bonds. The Balaban J connectivity index is 1.36. The number of rotatable bonds is 7. The zero-order valence-corrected chi connectivity index (χ0v) is 18.0. The summed E-state index contributed by atoms with van der Waals surface area (Å²) in [5, 5.41) is 3.78. The summed E-state index contributed by atoms with van der Waals surface area (Å²) in [4.78, 5) is 15.6. The maximum absolute atomic E-state index is 13.3. The van der Waals surface area contributed by atoms with Gasteiger partial charge in [0.2, 0.25) is 5.91 Å². The molecule has 1 saturated carbocycles. The van der Waals surface area contributed by atoms with Crippen LogP contribution in [0.3, 0.4) is 0 Å². The number of carbonyl (C=O) groups excluding carboxylic acids is 1. The van der Waals surface area contributed by atoms with Crippen LogP contribution in [0.25, 0.3) is 0 Å². The Morgan fingerprint density at radius 1 is 1.07 bits per heavy atom. The molecule has 0 radical (unpaired) electrons. The van der Waals surface area contributed by atoms with E-state index in [0.29, 0.717) is 11.6 Å². The molecule has 1 heterocycles. The largest absolute Gasteiger partial charge is 0.492 e. The van der Waals surface area contributed by atoms with Gasteiger partial charge in [-0.15, -0.1) is 0 Å². The van der Waals surface area contributed by atoms with Crippen LogP contribution in [-0.2, 0) is 14.9 Å². The van der Waals surface area contributed by atoms with Crippen molar-refractivity contribution in [3.8, 4) is 5.75 Å². The minimum absolute atomic E-state index is 0.0223. The molecule has 1 aliphatic heterocycles. The molecular formula is C24H29ClN2O3. The fourth-order valence-electron chi connectivity index (χ4n) is 4.45. The summed E-state index contributed by atoms with van der Waals surface area (Å²) >= 11 is 6.46. The van der Waals surface area contributed by atoms with E-state index in [2.05, 4.69) is 10.2 Å². The number of carbonyl (C=O) groups is 1. The maximum atomic E-state index is 13.3. The number of nitrogens with zero attached hydrogens (tertiary/aromatic N) is 1. The Morgan fingerprint density at radius 3 is 2.47 bits per heavy atom. The van der Waals surface area contributed by atoms with Crippen LogP contribution in [0.15, 0.2) is 48.5 Å². The third-order valence-corrected chi connectivity index (χ3v) is 6.50. The van der Waals surface area contributed by atoms with Crippen molar-refractivity contribution in [1.82, 2.24) is 4.90 Å². The Morgan fingerprint density at radius 2 is 1.77 bits per heavy atom. The van der Waals surface area contributed by atoms with E-state index in [9.17, 15) is 4.79 Å². The standard InChI is InChI=1S/C24H29ClN2O3/c25-22-6-2-1-5-21(22)24(11-3-4-12-24)23(28)26-19-7-9-20(10-8-19)30-18-15-27-13-16-29-17-14-27/h1-2,5-10H,3-4,11-18H2,(H,26,28). The lowest BCUT2D eigenvalue weighted by molar-refractivity contribution is -0.121. The van der Waals surface area contributed by atoms with Crippen molar-refractivity contribution >= 4 is 23.2 Å². The summed E-state index contributed by atoms with van der Waals surface area (Å²) < 4.78 is 11.2. The molecule has 2 aromatic carbocycles. The van der Waals surface area contributed by atoms with Crippen molar-refractivity contribution in [2.24, 2.45) is 0 Å². The first kappa shape index (κ1) is 21.2. The topological polar surface area (TPSA) is 50.8 Å². The quantitative estimate of drug-likeness (QED) is 0.705. The molecule has 0 unspecified atom stereocenters. The summed E-state index contributed by atoms with van der Waals surface area (Å²) in [6, 6.07) is 15.3. The highest BCUT2D eigenvalue weighted by Gasteiger charge is 2.43. The second kappa shape index (κ2) is 9.82. The third kappa shape index (κ3) is 4.80. The van der Waals surface area contributed by atoms with Gasteiger partial charge in [0, 0.05) is 30.3 Å². The number of halogens is 1. The molecule has 0 aromatic heterocycles. The van der Waals surface area contributed by atoms with Gasteiger partial charge in [0.05, 0.1) is 18.6 Å². The van der Waals surface area contributed by atoms with Gasteiger partial charge in [0.1, 0.15) is 12.4 Å². The fraction of sp³-hybridized carbons (Fsp3) is 0.458. The molecule has 0 bridgehead atoms. The van der Waals surface area contributed by atoms with Gasteiger partial charge in [-0.2, -0.15) is 0 Å². The van der Waals surface area contributed by atoms with Crippen molar-refractivity contribution < 1.29 is 14.3 Å². The van der Waals surface area contributed by atoms with Crippen LogP contribution in [-0.4, -0.2) is 50.3 Å². The van der Waals surface area contributed by atoms with Gasteiger partial charge in [-0.3, -0.25) is 9.69 Å². The molecule has 160 valence electrons. The van der Waals surface area contributed by atoms with E-state index in [4.69, 9.17) is 21.1 Å². The molecule has 0 spiro atoms.